The Morgan fingerprint density at radius 2 is 0.927 bits per heavy atom. The molecule has 0 bridgehead atoms. The average molecular weight is 1510 g/mol. The van der Waals surface area contributed by atoms with Gasteiger partial charge in [0.05, 0.1) is 5.60 Å². The molecule has 0 aromatic heterocycles. The lowest BCUT2D eigenvalue weighted by Gasteiger charge is -2.39. The fourth-order valence-corrected chi connectivity index (χ4v) is 16.2. The van der Waals surface area contributed by atoms with E-state index in [0.717, 1.165) is 90.9 Å². The number of nitrogens with one attached hydrogen (secondary N) is 3. The molecule has 109 heavy (non-hydrogen) atoms. The Morgan fingerprint density at radius 1 is 0.477 bits per heavy atom. The van der Waals surface area contributed by atoms with E-state index < -0.39 is 137 Å². The van der Waals surface area contributed by atoms with Crippen molar-refractivity contribution in [2.45, 2.75) is 228 Å². The molecule has 4 heterocycles. The van der Waals surface area contributed by atoms with E-state index in [1.165, 1.54) is 54.6 Å². The number of cyclic esters (lactones) is 1. The second-order valence-corrected chi connectivity index (χ2v) is 33.4. The zero-order valence-corrected chi connectivity index (χ0v) is 68.8. The number of anilines is 2. The summed E-state index contributed by atoms with van der Waals surface area (Å²) < 4.78 is 6.25. The summed E-state index contributed by atoms with van der Waals surface area (Å²) in [6.07, 6.45) is -0.207. The minimum Gasteiger partial charge on any atom is -0.450 e. The third kappa shape index (κ3) is 21.2. The van der Waals surface area contributed by atoms with Crippen molar-refractivity contribution in [3.63, 3.8) is 0 Å². The molecule has 4 N–H and O–H groups in total. The predicted molar refractivity (Wildman–Crippen MR) is 430 cm³/mol. The number of aliphatic hydroxyl groups is 1. The van der Waals surface area contributed by atoms with Crippen LogP contribution < -0.4 is 25.8 Å². The summed E-state index contributed by atoms with van der Waals surface area (Å²) in [5, 5.41) is 21.0. The maximum absolute atomic E-state index is 16.4. The van der Waals surface area contributed by atoms with E-state index in [4.69, 9.17) is 4.74 Å². The first kappa shape index (κ1) is 86.2. The van der Waals surface area contributed by atoms with Crippen molar-refractivity contribution in [1.29, 1.82) is 0 Å². The Hall–Kier alpha value is -8.41. The number of carbonyl (C=O) groups excluding carboxylic acids is 9. The van der Waals surface area contributed by atoms with Crippen molar-refractivity contribution < 1.29 is 53.0 Å². The lowest BCUT2D eigenvalue weighted by atomic mass is 9.93. The molecule has 4 fully saturated rings. The number of amides is 8. The molecule has 4 aromatic carbocycles. The summed E-state index contributed by atoms with van der Waals surface area (Å²) in [6, 6.07) is 22.9. The van der Waals surface area contributed by atoms with Gasteiger partial charge in [0.25, 0.3) is 5.91 Å². The van der Waals surface area contributed by atoms with Crippen LogP contribution in [0.4, 0.5) is 11.4 Å². The molecule has 4 aliphatic rings. The van der Waals surface area contributed by atoms with Crippen LogP contribution >= 0.6 is 0 Å². The molecule has 8 rings (SSSR count). The molecule has 4 aliphatic heterocycles. The Kier molecular flexibility index (Phi) is 30.1. The summed E-state index contributed by atoms with van der Waals surface area (Å²) in [6.45, 7) is 37.2. The van der Waals surface area contributed by atoms with Gasteiger partial charge in [0.2, 0.25) is 41.4 Å². The number of hydrogen-bond donors (Lipinski definition) is 4. The Balaban J connectivity index is 1.25. The van der Waals surface area contributed by atoms with Crippen LogP contribution in [0.5, 0.6) is 0 Å². The van der Waals surface area contributed by atoms with Crippen LogP contribution in [0.2, 0.25) is 0 Å². The Morgan fingerprint density at radius 3 is 1.37 bits per heavy atom. The van der Waals surface area contributed by atoms with Crippen LogP contribution in [0.25, 0.3) is 22.3 Å². The number of likely N-dealkylation sites (N-methyl/N-ethyl adjacent to an activating group) is 4. The summed E-state index contributed by atoms with van der Waals surface area (Å²) in [4.78, 5) is 156. The highest BCUT2D eigenvalue weighted by molar-refractivity contribution is 5.99. The fraction of sp³-hybridized carbons (Fsp3) is 0.616. The van der Waals surface area contributed by atoms with Crippen LogP contribution in [0, 0.1) is 29.6 Å². The topological polar surface area (TPSA) is 248 Å². The van der Waals surface area contributed by atoms with Crippen molar-refractivity contribution >= 4 is 64.6 Å². The molecule has 0 saturated carbocycles. The molecule has 11 atom stereocenters. The van der Waals surface area contributed by atoms with Gasteiger partial charge in [0.15, 0.2) is 12.1 Å². The van der Waals surface area contributed by atoms with Gasteiger partial charge in [0.1, 0.15) is 42.3 Å². The van der Waals surface area contributed by atoms with Gasteiger partial charge in [-0.05, 0) is 149 Å². The van der Waals surface area contributed by atoms with Crippen molar-refractivity contribution in [3.8, 4) is 22.3 Å². The maximum atomic E-state index is 16.4. The largest absolute Gasteiger partial charge is 0.450 e. The number of fused-ring (bicyclic) bond motifs is 1. The molecule has 8 amide bonds. The molecule has 4 aromatic rings. The second kappa shape index (κ2) is 38.0. The summed E-state index contributed by atoms with van der Waals surface area (Å²) >= 11 is 0. The van der Waals surface area contributed by atoms with Crippen LogP contribution in [-0.4, -0.2) is 252 Å². The molecular formula is C86H128N12O11. The molecular weight excluding hydrogens is 1380 g/mol. The van der Waals surface area contributed by atoms with Gasteiger partial charge in [-0.1, -0.05) is 148 Å². The molecule has 0 aliphatic carbocycles. The minimum atomic E-state index is -2.00. The van der Waals surface area contributed by atoms with Crippen molar-refractivity contribution in [2.24, 2.45) is 29.6 Å². The Labute approximate surface area is 649 Å². The van der Waals surface area contributed by atoms with Crippen LogP contribution in [0.1, 0.15) is 154 Å². The summed E-state index contributed by atoms with van der Waals surface area (Å²) in [5.41, 5.74) is 5.23. The average Bonchev–Trinajstić information content (AvgIpc) is 1.81. The second-order valence-electron chi connectivity index (χ2n) is 33.4. The van der Waals surface area contributed by atoms with Gasteiger partial charge in [-0.15, -0.1) is 0 Å². The molecule has 23 nitrogen and oxygen atoms in total. The molecule has 23 heteroatoms. The highest BCUT2D eigenvalue weighted by Gasteiger charge is 2.48. The smallest absolute Gasteiger partial charge is 0.332 e. The van der Waals surface area contributed by atoms with E-state index in [1.54, 1.807) is 41.7 Å². The first-order chi connectivity index (χ1) is 51.4. The Bertz CT molecular complexity index is 3770. The lowest BCUT2D eigenvalue weighted by molar-refractivity contribution is -0.177. The molecule has 0 unspecified atom stereocenters. The van der Waals surface area contributed by atoms with Gasteiger partial charge in [0, 0.05) is 129 Å². The number of ether oxygens (including phenoxy) is 1. The maximum Gasteiger partial charge on any atom is 0.332 e. The predicted octanol–water partition coefficient (Wildman–Crippen LogP) is 8.77. The van der Waals surface area contributed by atoms with E-state index in [1.807, 2.05) is 83.1 Å². The third-order valence-electron chi connectivity index (χ3n) is 23.2. The van der Waals surface area contributed by atoms with Crippen molar-refractivity contribution in [1.82, 2.24) is 50.2 Å². The fourth-order valence-electron chi connectivity index (χ4n) is 16.2. The molecule has 0 spiro atoms. The van der Waals surface area contributed by atoms with E-state index in [-0.39, 0.29) is 38.1 Å². The normalized spacial score (nSPS) is 24.7. The molecule has 598 valence electrons. The van der Waals surface area contributed by atoms with Gasteiger partial charge in [-0.25, -0.2) is 4.79 Å². The molecule has 4 saturated heterocycles. The van der Waals surface area contributed by atoms with Crippen molar-refractivity contribution in [2.75, 3.05) is 96.9 Å². The first-order valence-electron chi connectivity index (χ1n) is 40.0. The number of esters is 1. The van der Waals surface area contributed by atoms with E-state index in [2.05, 4.69) is 112 Å². The van der Waals surface area contributed by atoms with Crippen LogP contribution in [0.3, 0.4) is 0 Å². The number of piperazine rings is 2. The first-order valence-corrected chi connectivity index (χ1v) is 40.0. The monoisotopic (exact) mass is 1500 g/mol. The number of nitrogens with zero attached hydrogens (tertiary/aromatic N) is 9. The van der Waals surface area contributed by atoms with Crippen molar-refractivity contribution in [3.05, 3.63) is 108 Å². The van der Waals surface area contributed by atoms with Gasteiger partial charge >= 0.3 is 5.97 Å². The zero-order chi connectivity index (χ0) is 80.2. The number of carbonyl (C=O) groups is 9. The third-order valence-corrected chi connectivity index (χ3v) is 23.2. The highest BCUT2D eigenvalue weighted by atomic mass is 16.6. The number of hydrogen-bond acceptors (Lipinski definition) is 15. The van der Waals surface area contributed by atoms with Crippen LogP contribution in [0.15, 0.2) is 97.1 Å². The van der Waals surface area contributed by atoms with Gasteiger partial charge in [-0.2, -0.15) is 0 Å². The minimum absolute atomic E-state index is 0.0235. The van der Waals surface area contributed by atoms with Gasteiger partial charge < -0.3 is 60.1 Å². The number of benzene rings is 4. The van der Waals surface area contributed by atoms with E-state index in [0.29, 0.717) is 42.5 Å². The van der Waals surface area contributed by atoms with Crippen LogP contribution in [-0.2, 0) is 60.7 Å². The standard InChI is InChI=1S/C86H128N12O11/c1-21-58(13)72-83(105)91(18)73(54(5)6)78(100)87-68(48-53(3)4)81(103)93(20)76(86(15,16)108)85(107)109-75(59(14)22-2)84(106)92(19)74(55(7)8)79(101)88-69(51-60-26-23-28-64(49-60)62-31-35-66(36-32-62)96-44-40-94(41-45-96)56(9)10)80(102)90(17)71(82(104)98-39-25-30-70(98)77(99)89-72)52-61-27-24-29-65(50-61)63-33-37-67(38-34-63)97-46-42-95(43-47-97)57(11)12/h23-24,26-29,31-38,49-50,53-59,68-76,108H,21-22,25,30,39-48,51-52H2,1-20H3,(H,87,100)(H,88,101)(H,89,99)/t58-,59-,68-,69-,70-,71-,72-,73-,74-,75+,76+/m0/s1. The zero-order valence-electron chi connectivity index (χ0n) is 68.8. The quantitative estimate of drug-likeness (QED) is 0.0641. The number of rotatable bonds is 19. The summed E-state index contributed by atoms with van der Waals surface area (Å²) in [5.74, 6) is -8.93. The van der Waals surface area contributed by atoms with E-state index >= 15 is 38.4 Å². The SMILES string of the molecule is CC[C@H](C)[C@@H]1NC(=O)[C@@H]2CCCN2C(=O)[C@H](Cc2cccc(-c3ccc(N4CCN(C(C)C)CC4)cc3)c2)N(C)C(=O)[C@H](Cc2cccc(-c3ccc(N4CCN(C(C)C)CC4)cc3)c2)NC(=O)[C@H](C(C)C)N(C)C(=O)[C@@H]([C@@H](C)CC)OC(=O)[C@H](C(C)(C)O)N(C)C(=O)[C@H](CC(C)C)NC(=O)[C@H](C(C)C)N(C)C1=O. The summed E-state index contributed by atoms with van der Waals surface area (Å²) in [7, 11) is 5.78. The van der Waals surface area contributed by atoms with Gasteiger partial charge in [-0.3, -0.25) is 48.2 Å². The lowest BCUT2D eigenvalue weighted by Crippen LogP contribution is -2.63. The van der Waals surface area contributed by atoms with E-state index in [9.17, 15) is 9.90 Å². The highest BCUT2D eigenvalue weighted by Crippen LogP contribution is 2.32. The molecule has 0 radical (unpaired) electrons.